The summed E-state index contributed by atoms with van der Waals surface area (Å²) in [6.45, 7) is 4.92. The van der Waals surface area contributed by atoms with E-state index in [0.717, 1.165) is 6.07 Å². The van der Waals surface area contributed by atoms with Gasteiger partial charge in [-0.15, -0.1) is 0 Å². The van der Waals surface area contributed by atoms with Crippen molar-refractivity contribution in [1.82, 2.24) is 0 Å². The van der Waals surface area contributed by atoms with E-state index in [1.54, 1.807) is 0 Å². The van der Waals surface area contributed by atoms with Crippen molar-refractivity contribution in [1.29, 1.82) is 0 Å². The van der Waals surface area contributed by atoms with E-state index in [0.29, 0.717) is 18.8 Å². The third-order valence-corrected chi connectivity index (χ3v) is 3.55. The second-order valence-electron chi connectivity index (χ2n) is 4.90. The van der Waals surface area contributed by atoms with E-state index >= 15 is 0 Å². The monoisotopic (exact) mass is 335 g/mol. The predicted octanol–water partition coefficient (Wildman–Crippen LogP) is 4.29. The fraction of sp³-hybridized carbons (Fsp3) is 0.400. The quantitative estimate of drug-likeness (QED) is 0.617. The summed E-state index contributed by atoms with van der Waals surface area (Å²) in [5.74, 6) is -5.14. The van der Waals surface area contributed by atoms with Gasteiger partial charge in [-0.2, -0.15) is 22.0 Å². The maximum Gasteiger partial charge on any atom is 0.458 e. The van der Waals surface area contributed by atoms with Gasteiger partial charge in [0.25, 0.3) is 0 Å². The molecule has 0 radical (unpaired) electrons. The zero-order valence-electron chi connectivity index (χ0n) is 12.4. The van der Waals surface area contributed by atoms with Crippen LogP contribution in [0.1, 0.15) is 19.4 Å². The van der Waals surface area contributed by atoms with Gasteiger partial charge in [-0.3, -0.25) is 0 Å². The smallest absolute Gasteiger partial charge is 0.423 e. The second kappa shape index (κ2) is 5.82. The molecule has 0 bridgehead atoms. The SMILES string of the molecule is CCN(CC)c1ccc2c(C(F)(F)C(F)(F)F)cc(=O)oc2c1. The standard InChI is InChI=1S/C15H14F5NO2/c1-3-21(4-2)9-5-6-10-11(14(16,17)15(18,19)20)8-13(22)23-12(10)7-9/h5-8H,3-4H2,1-2H3. The number of hydrogen-bond acceptors (Lipinski definition) is 3. The lowest BCUT2D eigenvalue weighted by Gasteiger charge is -2.23. The van der Waals surface area contributed by atoms with Gasteiger partial charge in [0.2, 0.25) is 0 Å². The summed E-state index contributed by atoms with van der Waals surface area (Å²) in [5.41, 5.74) is -2.39. The summed E-state index contributed by atoms with van der Waals surface area (Å²) in [5, 5.41) is -0.442. The Balaban J connectivity index is 2.72. The predicted molar refractivity (Wildman–Crippen MR) is 76.0 cm³/mol. The average molecular weight is 335 g/mol. The number of fused-ring (bicyclic) bond motifs is 1. The summed E-state index contributed by atoms with van der Waals surface area (Å²) < 4.78 is 69.9. The third-order valence-electron chi connectivity index (χ3n) is 3.55. The van der Waals surface area contributed by atoms with Crippen molar-refractivity contribution in [3.05, 3.63) is 40.2 Å². The molecule has 1 heterocycles. The minimum atomic E-state index is -5.80. The first kappa shape index (κ1) is 17.2. The van der Waals surface area contributed by atoms with Crippen LogP contribution in [0.25, 0.3) is 11.0 Å². The Morgan fingerprint density at radius 2 is 1.65 bits per heavy atom. The molecule has 0 saturated heterocycles. The van der Waals surface area contributed by atoms with E-state index in [4.69, 9.17) is 4.42 Å². The van der Waals surface area contributed by atoms with Gasteiger partial charge >= 0.3 is 17.7 Å². The molecule has 0 saturated carbocycles. The topological polar surface area (TPSA) is 33.5 Å². The zero-order valence-corrected chi connectivity index (χ0v) is 12.4. The number of benzene rings is 1. The van der Waals surface area contributed by atoms with E-state index in [-0.39, 0.29) is 11.6 Å². The Morgan fingerprint density at radius 1 is 1.04 bits per heavy atom. The fourth-order valence-corrected chi connectivity index (χ4v) is 2.35. The highest BCUT2D eigenvalue weighted by Crippen LogP contribution is 2.45. The van der Waals surface area contributed by atoms with Crippen LogP contribution in [0.4, 0.5) is 27.6 Å². The van der Waals surface area contributed by atoms with E-state index in [1.807, 2.05) is 18.7 Å². The molecule has 1 aromatic carbocycles. The molecule has 0 aliphatic carbocycles. The van der Waals surface area contributed by atoms with Crippen molar-refractivity contribution in [2.24, 2.45) is 0 Å². The molecule has 0 spiro atoms. The van der Waals surface area contributed by atoms with Crippen LogP contribution >= 0.6 is 0 Å². The van der Waals surface area contributed by atoms with Crippen LogP contribution in [-0.4, -0.2) is 19.3 Å². The molecule has 0 aliphatic rings. The molecule has 0 unspecified atom stereocenters. The van der Waals surface area contributed by atoms with Crippen LogP contribution in [0.15, 0.2) is 33.5 Å². The van der Waals surface area contributed by atoms with Gasteiger partial charge in [0.15, 0.2) is 0 Å². The summed E-state index contributed by atoms with van der Waals surface area (Å²) in [6.07, 6.45) is -5.80. The summed E-state index contributed by atoms with van der Waals surface area (Å²) in [4.78, 5) is 13.3. The van der Waals surface area contributed by atoms with Crippen LogP contribution in [0.3, 0.4) is 0 Å². The minimum absolute atomic E-state index is 0.187. The van der Waals surface area contributed by atoms with Crippen molar-refractivity contribution in [2.45, 2.75) is 25.9 Å². The normalized spacial score (nSPS) is 12.7. The highest BCUT2D eigenvalue weighted by molar-refractivity contribution is 5.84. The lowest BCUT2D eigenvalue weighted by molar-refractivity contribution is -0.288. The van der Waals surface area contributed by atoms with Crippen LogP contribution < -0.4 is 10.5 Å². The summed E-state index contributed by atoms with van der Waals surface area (Å²) in [6, 6.07) is 4.01. The van der Waals surface area contributed by atoms with Crippen LogP contribution in [0.5, 0.6) is 0 Å². The van der Waals surface area contributed by atoms with Crippen LogP contribution in [0, 0.1) is 0 Å². The molecule has 0 amide bonds. The van der Waals surface area contributed by atoms with Gasteiger partial charge in [0, 0.05) is 41.9 Å². The van der Waals surface area contributed by atoms with E-state index < -0.39 is 28.7 Å². The number of alkyl halides is 5. The number of halogens is 5. The van der Waals surface area contributed by atoms with Crippen LogP contribution in [0.2, 0.25) is 0 Å². The molecule has 2 rings (SSSR count). The van der Waals surface area contributed by atoms with Gasteiger partial charge in [-0.05, 0) is 26.0 Å². The lowest BCUT2D eigenvalue weighted by atomic mass is 10.0. The van der Waals surface area contributed by atoms with E-state index in [1.165, 1.54) is 12.1 Å². The Morgan fingerprint density at radius 3 is 2.17 bits per heavy atom. The number of anilines is 1. The largest absolute Gasteiger partial charge is 0.458 e. The van der Waals surface area contributed by atoms with Crippen molar-refractivity contribution in [2.75, 3.05) is 18.0 Å². The molecule has 8 heteroatoms. The molecule has 126 valence electrons. The number of nitrogens with zero attached hydrogens (tertiary/aromatic N) is 1. The number of hydrogen-bond donors (Lipinski definition) is 0. The van der Waals surface area contributed by atoms with Gasteiger partial charge in [-0.25, -0.2) is 4.79 Å². The summed E-state index contributed by atoms with van der Waals surface area (Å²) in [7, 11) is 0. The van der Waals surface area contributed by atoms with Gasteiger partial charge in [0.05, 0.1) is 0 Å². The molecule has 0 N–H and O–H groups in total. The maximum atomic E-state index is 13.6. The molecule has 23 heavy (non-hydrogen) atoms. The lowest BCUT2D eigenvalue weighted by Crippen LogP contribution is -2.34. The maximum absolute atomic E-state index is 13.6. The molecule has 3 nitrogen and oxygen atoms in total. The highest BCUT2D eigenvalue weighted by atomic mass is 19.4. The van der Waals surface area contributed by atoms with Crippen molar-refractivity contribution >= 4 is 16.7 Å². The van der Waals surface area contributed by atoms with Crippen molar-refractivity contribution in [3.8, 4) is 0 Å². The van der Waals surface area contributed by atoms with Crippen molar-refractivity contribution < 1.29 is 26.4 Å². The second-order valence-corrected chi connectivity index (χ2v) is 4.90. The van der Waals surface area contributed by atoms with Gasteiger partial charge < -0.3 is 9.32 Å². The molecule has 1 aromatic heterocycles. The first-order chi connectivity index (χ1) is 10.6. The first-order valence-electron chi connectivity index (χ1n) is 6.89. The molecular formula is C15H14F5NO2. The van der Waals surface area contributed by atoms with E-state index in [9.17, 15) is 26.7 Å². The molecule has 0 atom stereocenters. The molecule has 0 fully saturated rings. The van der Waals surface area contributed by atoms with Gasteiger partial charge in [0.1, 0.15) is 5.58 Å². The Bertz CT molecular complexity index is 763. The Hall–Kier alpha value is -2.12. The van der Waals surface area contributed by atoms with Crippen LogP contribution in [-0.2, 0) is 5.92 Å². The first-order valence-corrected chi connectivity index (χ1v) is 6.89. The molecular weight excluding hydrogens is 321 g/mol. The van der Waals surface area contributed by atoms with Crippen molar-refractivity contribution in [3.63, 3.8) is 0 Å². The molecule has 0 aliphatic heterocycles. The highest BCUT2D eigenvalue weighted by Gasteiger charge is 2.59. The third kappa shape index (κ3) is 3.02. The zero-order chi connectivity index (χ0) is 17.4. The van der Waals surface area contributed by atoms with Gasteiger partial charge in [-0.1, -0.05) is 0 Å². The Labute approximate surface area is 128 Å². The molecule has 2 aromatic rings. The number of rotatable bonds is 4. The fourth-order valence-electron chi connectivity index (χ4n) is 2.35. The average Bonchev–Trinajstić information content (AvgIpc) is 2.46. The van der Waals surface area contributed by atoms with E-state index in [2.05, 4.69) is 0 Å². The minimum Gasteiger partial charge on any atom is -0.423 e. The summed E-state index contributed by atoms with van der Waals surface area (Å²) >= 11 is 0. The Kier molecular flexibility index (Phi) is 4.37.